The molecule has 0 fully saturated rings. The molecule has 116 valence electrons. The highest BCUT2D eigenvalue weighted by molar-refractivity contribution is 7.80. The Labute approximate surface area is 136 Å². The van der Waals surface area contributed by atoms with Gasteiger partial charge in [0, 0.05) is 17.4 Å². The van der Waals surface area contributed by atoms with Gasteiger partial charge in [-0.15, -0.1) is 0 Å². The Morgan fingerprint density at radius 3 is 2.41 bits per heavy atom. The van der Waals surface area contributed by atoms with Gasteiger partial charge in [-0.25, -0.2) is 0 Å². The van der Waals surface area contributed by atoms with Crippen LogP contribution in [-0.2, 0) is 6.42 Å². The molecule has 22 heavy (non-hydrogen) atoms. The zero-order valence-corrected chi connectivity index (χ0v) is 13.8. The van der Waals surface area contributed by atoms with Crippen LogP contribution in [0, 0.1) is 0 Å². The number of thiocarbonyl (C=S) groups is 1. The summed E-state index contributed by atoms with van der Waals surface area (Å²) < 4.78 is 10.5. The van der Waals surface area contributed by atoms with Crippen molar-refractivity contribution in [2.24, 2.45) is 0 Å². The van der Waals surface area contributed by atoms with E-state index >= 15 is 0 Å². The van der Waals surface area contributed by atoms with E-state index in [9.17, 15) is 0 Å². The van der Waals surface area contributed by atoms with E-state index in [1.54, 1.807) is 14.2 Å². The van der Waals surface area contributed by atoms with Crippen LogP contribution in [0.5, 0.6) is 11.5 Å². The van der Waals surface area contributed by atoms with Gasteiger partial charge < -0.3 is 20.1 Å². The van der Waals surface area contributed by atoms with E-state index in [1.165, 1.54) is 5.56 Å². The first-order chi connectivity index (χ1) is 10.7. The highest BCUT2D eigenvalue weighted by Crippen LogP contribution is 2.29. The van der Waals surface area contributed by atoms with Crippen LogP contribution in [0.4, 0.5) is 11.4 Å². The van der Waals surface area contributed by atoms with Crippen molar-refractivity contribution in [1.29, 1.82) is 0 Å². The highest BCUT2D eigenvalue weighted by Gasteiger charge is 2.07. The molecule has 0 radical (unpaired) electrons. The second kappa shape index (κ2) is 7.66. The number of aryl methyl sites for hydroxylation is 1. The molecule has 0 aromatic heterocycles. The van der Waals surface area contributed by atoms with Gasteiger partial charge in [-0.05, 0) is 42.4 Å². The van der Waals surface area contributed by atoms with Crippen molar-refractivity contribution in [2.75, 3.05) is 24.9 Å². The van der Waals surface area contributed by atoms with Crippen LogP contribution >= 0.6 is 12.2 Å². The molecule has 0 spiro atoms. The maximum Gasteiger partial charge on any atom is 0.175 e. The van der Waals surface area contributed by atoms with Gasteiger partial charge in [0.2, 0.25) is 0 Å². The summed E-state index contributed by atoms with van der Waals surface area (Å²) in [5.41, 5.74) is 3.08. The number of nitrogens with one attached hydrogen (secondary N) is 2. The maximum absolute atomic E-state index is 5.37. The van der Waals surface area contributed by atoms with Crippen LogP contribution in [0.3, 0.4) is 0 Å². The summed E-state index contributed by atoms with van der Waals surface area (Å²) >= 11 is 5.37. The quantitative estimate of drug-likeness (QED) is 0.814. The smallest absolute Gasteiger partial charge is 0.175 e. The molecular weight excluding hydrogens is 296 g/mol. The van der Waals surface area contributed by atoms with Crippen LogP contribution in [0.1, 0.15) is 12.5 Å². The molecular formula is C17H20N2O2S. The van der Waals surface area contributed by atoms with E-state index in [1.807, 2.05) is 36.4 Å². The number of ether oxygens (including phenoxy) is 2. The van der Waals surface area contributed by atoms with Crippen LogP contribution in [0.15, 0.2) is 42.5 Å². The van der Waals surface area contributed by atoms with Gasteiger partial charge in [0.15, 0.2) is 16.6 Å². The normalized spacial score (nSPS) is 9.95. The fraction of sp³-hybridized carbons (Fsp3) is 0.235. The van der Waals surface area contributed by atoms with E-state index in [4.69, 9.17) is 21.7 Å². The third-order valence-electron chi connectivity index (χ3n) is 3.29. The van der Waals surface area contributed by atoms with Crippen LogP contribution in [-0.4, -0.2) is 19.3 Å². The minimum Gasteiger partial charge on any atom is -0.493 e. The average molecular weight is 316 g/mol. The topological polar surface area (TPSA) is 42.5 Å². The summed E-state index contributed by atoms with van der Waals surface area (Å²) in [6.07, 6.45) is 0.947. The number of para-hydroxylation sites is 1. The predicted octanol–water partition coefficient (Wildman–Crippen LogP) is 4.08. The molecule has 0 heterocycles. The molecule has 5 heteroatoms. The molecule has 2 aromatic rings. The molecule has 4 nitrogen and oxygen atoms in total. The molecule has 0 unspecified atom stereocenters. The monoisotopic (exact) mass is 316 g/mol. The minimum atomic E-state index is 0.535. The Morgan fingerprint density at radius 2 is 1.73 bits per heavy atom. The lowest BCUT2D eigenvalue weighted by Gasteiger charge is -2.14. The van der Waals surface area contributed by atoms with Gasteiger partial charge >= 0.3 is 0 Å². The zero-order valence-electron chi connectivity index (χ0n) is 13.0. The SMILES string of the molecule is CCc1ccccc1NC(=S)Nc1ccc(OC)c(OC)c1. The minimum absolute atomic E-state index is 0.535. The van der Waals surface area contributed by atoms with Crippen molar-refractivity contribution in [2.45, 2.75) is 13.3 Å². The molecule has 2 N–H and O–H groups in total. The Bertz CT molecular complexity index is 659. The van der Waals surface area contributed by atoms with Gasteiger partial charge in [0.25, 0.3) is 0 Å². The van der Waals surface area contributed by atoms with Crippen LogP contribution in [0.2, 0.25) is 0 Å². The molecule has 0 aliphatic carbocycles. The van der Waals surface area contributed by atoms with E-state index < -0.39 is 0 Å². The summed E-state index contributed by atoms with van der Waals surface area (Å²) in [5.74, 6) is 1.34. The van der Waals surface area contributed by atoms with Crippen molar-refractivity contribution in [3.63, 3.8) is 0 Å². The number of hydrogen-bond donors (Lipinski definition) is 2. The molecule has 2 rings (SSSR count). The third kappa shape index (κ3) is 3.89. The van der Waals surface area contributed by atoms with Gasteiger partial charge in [-0.1, -0.05) is 25.1 Å². The first kappa shape index (κ1) is 16.1. The number of hydrogen-bond acceptors (Lipinski definition) is 3. The molecule has 0 saturated heterocycles. The second-order valence-corrected chi connectivity index (χ2v) is 5.07. The van der Waals surface area contributed by atoms with Gasteiger partial charge in [0.05, 0.1) is 14.2 Å². The van der Waals surface area contributed by atoms with Crippen LogP contribution < -0.4 is 20.1 Å². The average Bonchev–Trinajstić information content (AvgIpc) is 2.55. The first-order valence-corrected chi connectivity index (χ1v) is 7.46. The number of benzene rings is 2. The fourth-order valence-corrected chi connectivity index (χ4v) is 2.38. The number of rotatable bonds is 5. The van der Waals surface area contributed by atoms with E-state index in [-0.39, 0.29) is 0 Å². The lowest BCUT2D eigenvalue weighted by Crippen LogP contribution is -2.19. The van der Waals surface area contributed by atoms with E-state index in [2.05, 4.69) is 23.6 Å². The summed E-state index contributed by atoms with van der Waals surface area (Å²) in [5, 5.41) is 6.91. The summed E-state index contributed by atoms with van der Waals surface area (Å²) in [6, 6.07) is 13.7. The summed E-state index contributed by atoms with van der Waals surface area (Å²) in [7, 11) is 3.22. The second-order valence-electron chi connectivity index (χ2n) is 4.66. The molecule has 0 saturated carbocycles. The molecule has 0 aliphatic rings. The Hall–Kier alpha value is -2.27. The Kier molecular flexibility index (Phi) is 5.61. The predicted molar refractivity (Wildman–Crippen MR) is 95.2 cm³/mol. The molecule has 0 bridgehead atoms. The first-order valence-electron chi connectivity index (χ1n) is 7.05. The fourth-order valence-electron chi connectivity index (χ4n) is 2.15. The van der Waals surface area contributed by atoms with Gasteiger partial charge in [-0.3, -0.25) is 0 Å². The largest absolute Gasteiger partial charge is 0.493 e. The van der Waals surface area contributed by atoms with Crippen molar-refractivity contribution in [1.82, 2.24) is 0 Å². The molecule has 2 aromatic carbocycles. The summed E-state index contributed by atoms with van der Waals surface area (Å²) in [4.78, 5) is 0. The van der Waals surface area contributed by atoms with Crippen molar-refractivity contribution in [3.8, 4) is 11.5 Å². The maximum atomic E-state index is 5.37. The Balaban J connectivity index is 2.09. The van der Waals surface area contributed by atoms with Crippen molar-refractivity contribution < 1.29 is 9.47 Å². The lowest BCUT2D eigenvalue weighted by molar-refractivity contribution is 0.355. The third-order valence-corrected chi connectivity index (χ3v) is 3.49. The lowest BCUT2D eigenvalue weighted by atomic mass is 10.1. The van der Waals surface area contributed by atoms with Gasteiger partial charge in [-0.2, -0.15) is 0 Å². The highest BCUT2D eigenvalue weighted by atomic mass is 32.1. The standard InChI is InChI=1S/C17H20N2O2S/c1-4-12-7-5-6-8-14(12)19-17(22)18-13-9-10-15(20-2)16(11-13)21-3/h5-11H,4H2,1-3H3,(H2,18,19,22). The molecule has 0 amide bonds. The van der Waals surface area contributed by atoms with Crippen molar-refractivity contribution in [3.05, 3.63) is 48.0 Å². The molecule has 0 aliphatic heterocycles. The van der Waals surface area contributed by atoms with E-state index in [0.717, 1.165) is 17.8 Å². The summed E-state index contributed by atoms with van der Waals surface area (Å²) in [6.45, 7) is 2.12. The number of anilines is 2. The molecule has 0 atom stereocenters. The van der Waals surface area contributed by atoms with Gasteiger partial charge in [0.1, 0.15) is 0 Å². The van der Waals surface area contributed by atoms with Crippen LogP contribution in [0.25, 0.3) is 0 Å². The zero-order chi connectivity index (χ0) is 15.9. The van der Waals surface area contributed by atoms with E-state index in [0.29, 0.717) is 16.6 Å². The Morgan fingerprint density at radius 1 is 1.00 bits per heavy atom. The number of methoxy groups -OCH3 is 2. The van der Waals surface area contributed by atoms with Crippen molar-refractivity contribution >= 4 is 28.7 Å².